The Labute approximate surface area is 192 Å². The fraction of sp³-hybridized carbons (Fsp3) is 1.00. The molecule has 3 unspecified atom stereocenters. The fourth-order valence-electron chi connectivity index (χ4n) is 3.68. The normalized spacial score (nSPS) is 14.8. The van der Waals surface area contributed by atoms with Crippen LogP contribution in [0.3, 0.4) is 0 Å². The van der Waals surface area contributed by atoms with Gasteiger partial charge < -0.3 is 29.4 Å². The smallest absolute Gasteiger partial charge is 0.0701 e. The van der Waals surface area contributed by atoms with Gasteiger partial charge in [0.05, 0.1) is 52.9 Å². The van der Waals surface area contributed by atoms with E-state index in [1.54, 1.807) is 0 Å². The Morgan fingerprint density at radius 3 is 1.13 bits per heavy atom. The number of nitrogens with two attached hydrogens (primary N) is 1. The summed E-state index contributed by atoms with van der Waals surface area (Å²) in [7, 11) is 0. The summed E-state index contributed by atoms with van der Waals surface area (Å²) in [6.45, 7) is 18.7. The van der Waals surface area contributed by atoms with Crippen molar-refractivity contribution in [3.05, 3.63) is 0 Å². The molecule has 0 aromatic carbocycles. The quantitative estimate of drug-likeness (QED) is 0.219. The molecule has 0 heterocycles. The molecule has 0 radical (unpaired) electrons. The lowest BCUT2D eigenvalue weighted by Gasteiger charge is -2.16. The molecule has 2 N–H and O–H groups in total. The molecule has 0 saturated carbocycles. The van der Waals surface area contributed by atoms with Crippen LogP contribution >= 0.6 is 0 Å². The van der Waals surface area contributed by atoms with Crippen molar-refractivity contribution in [2.45, 2.75) is 66.7 Å². The Kier molecular flexibility index (Phi) is 22.8. The van der Waals surface area contributed by atoms with Gasteiger partial charge in [-0.25, -0.2) is 0 Å². The second kappa shape index (κ2) is 22.9. The summed E-state index contributed by atoms with van der Waals surface area (Å²) in [6.07, 6.45) is 5.82. The average Bonchev–Trinajstić information content (AvgIpc) is 2.69. The summed E-state index contributed by atoms with van der Waals surface area (Å²) in [4.78, 5) is 0. The number of rotatable bonds is 24. The third kappa shape index (κ3) is 24.2. The Balaban J connectivity index is 3.19. The van der Waals surface area contributed by atoms with Crippen molar-refractivity contribution in [1.29, 1.82) is 0 Å². The Hall–Kier alpha value is -0.240. The molecule has 0 aliphatic heterocycles. The molecule has 0 fully saturated rings. The highest BCUT2D eigenvalue weighted by Crippen LogP contribution is 2.17. The van der Waals surface area contributed by atoms with Crippen LogP contribution in [0.2, 0.25) is 0 Å². The lowest BCUT2D eigenvalue weighted by atomic mass is 9.93. The van der Waals surface area contributed by atoms with Crippen molar-refractivity contribution in [3.8, 4) is 0 Å². The van der Waals surface area contributed by atoms with Crippen LogP contribution in [0.5, 0.6) is 0 Å². The van der Waals surface area contributed by atoms with E-state index in [1.165, 1.54) is 12.8 Å². The van der Waals surface area contributed by atoms with Crippen molar-refractivity contribution < 1.29 is 23.7 Å². The first kappa shape index (κ1) is 30.8. The molecule has 0 saturated heterocycles. The van der Waals surface area contributed by atoms with E-state index >= 15 is 0 Å². The molecule has 0 bridgehead atoms. The molecule has 3 atom stereocenters. The van der Waals surface area contributed by atoms with E-state index < -0.39 is 0 Å². The van der Waals surface area contributed by atoms with E-state index in [0.29, 0.717) is 64.7 Å². The van der Waals surface area contributed by atoms with Crippen LogP contribution < -0.4 is 5.73 Å². The second-order valence-electron chi connectivity index (χ2n) is 9.40. The van der Waals surface area contributed by atoms with E-state index in [2.05, 4.69) is 34.6 Å². The molecule has 0 aliphatic rings. The van der Waals surface area contributed by atoms with Crippen LogP contribution in [0.4, 0.5) is 0 Å². The van der Waals surface area contributed by atoms with E-state index in [9.17, 15) is 0 Å². The predicted molar refractivity (Wildman–Crippen MR) is 129 cm³/mol. The maximum Gasteiger partial charge on any atom is 0.0701 e. The maximum atomic E-state index is 5.65. The summed E-state index contributed by atoms with van der Waals surface area (Å²) in [5.74, 6) is 2.88. The van der Waals surface area contributed by atoms with Gasteiger partial charge in [-0.1, -0.05) is 34.6 Å². The predicted octanol–water partition coefficient (Wildman–Crippen LogP) is 4.54. The Bertz CT molecular complexity index is 357. The third-order valence-electron chi connectivity index (χ3n) is 5.34. The van der Waals surface area contributed by atoms with Gasteiger partial charge in [0.15, 0.2) is 0 Å². The Morgan fingerprint density at radius 1 is 0.452 bits per heavy atom. The van der Waals surface area contributed by atoms with Gasteiger partial charge >= 0.3 is 0 Å². The van der Waals surface area contributed by atoms with Crippen molar-refractivity contribution in [2.24, 2.45) is 29.4 Å². The van der Waals surface area contributed by atoms with Crippen LogP contribution in [0.25, 0.3) is 0 Å². The highest BCUT2D eigenvalue weighted by molar-refractivity contribution is 4.60. The SMILES string of the molecule is CC(C)CC(C)CCOCCOCCOCCOCCOCCC(C)CC(C)CCN. The molecule has 0 aromatic rings. The lowest BCUT2D eigenvalue weighted by molar-refractivity contribution is -0.0124. The minimum atomic E-state index is 0.587. The van der Waals surface area contributed by atoms with Crippen LogP contribution in [-0.2, 0) is 23.7 Å². The summed E-state index contributed by atoms with van der Waals surface area (Å²) >= 11 is 0. The average molecular weight is 448 g/mol. The van der Waals surface area contributed by atoms with Gasteiger partial charge in [-0.15, -0.1) is 0 Å². The molecule has 6 heteroatoms. The van der Waals surface area contributed by atoms with Crippen molar-refractivity contribution in [1.82, 2.24) is 0 Å². The number of hydrogen-bond acceptors (Lipinski definition) is 6. The lowest BCUT2D eigenvalue weighted by Crippen LogP contribution is -2.14. The first-order valence-corrected chi connectivity index (χ1v) is 12.5. The minimum absolute atomic E-state index is 0.587. The van der Waals surface area contributed by atoms with Gasteiger partial charge in [0.25, 0.3) is 0 Å². The Morgan fingerprint density at radius 2 is 0.774 bits per heavy atom. The van der Waals surface area contributed by atoms with E-state index in [-0.39, 0.29) is 0 Å². The molecule has 0 spiro atoms. The maximum absolute atomic E-state index is 5.65. The van der Waals surface area contributed by atoms with Crippen LogP contribution in [0.15, 0.2) is 0 Å². The molecular formula is C25H53NO5. The largest absolute Gasteiger partial charge is 0.379 e. The van der Waals surface area contributed by atoms with Crippen LogP contribution in [-0.4, -0.2) is 72.6 Å². The topological polar surface area (TPSA) is 72.2 Å². The van der Waals surface area contributed by atoms with Gasteiger partial charge in [0.1, 0.15) is 0 Å². The first-order valence-electron chi connectivity index (χ1n) is 12.5. The highest BCUT2D eigenvalue weighted by Gasteiger charge is 2.08. The van der Waals surface area contributed by atoms with E-state index in [4.69, 9.17) is 29.4 Å². The number of ether oxygens (including phenoxy) is 5. The zero-order valence-corrected chi connectivity index (χ0v) is 21.2. The van der Waals surface area contributed by atoms with Crippen molar-refractivity contribution >= 4 is 0 Å². The summed E-state index contributed by atoms with van der Waals surface area (Å²) in [5.41, 5.74) is 5.60. The third-order valence-corrected chi connectivity index (χ3v) is 5.34. The summed E-state index contributed by atoms with van der Waals surface area (Å²) < 4.78 is 27.8. The molecule has 0 amide bonds. The van der Waals surface area contributed by atoms with Gasteiger partial charge in [0.2, 0.25) is 0 Å². The summed E-state index contributed by atoms with van der Waals surface area (Å²) in [6, 6.07) is 0. The fourth-order valence-corrected chi connectivity index (χ4v) is 3.68. The van der Waals surface area contributed by atoms with Crippen molar-refractivity contribution in [2.75, 3.05) is 72.6 Å². The monoisotopic (exact) mass is 447 g/mol. The van der Waals surface area contributed by atoms with Gasteiger partial charge in [-0.3, -0.25) is 0 Å². The van der Waals surface area contributed by atoms with Crippen LogP contribution in [0.1, 0.15) is 66.7 Å². The molecular weight excluding hydrogens is 394 g/mol. The molecule has 0 aliphatic carbocycles. The number of hydrogen-bond donors (Lipinski definition) is 1. The zero-order valence-electron chi connectivity index (χ0n) is 21.2. The van der Waals surface area contributed by atoms with Gasteiger partial charge in [0, 0.05) is 13.2 Å². The van der Waals surface area contributed by atoms with Gasteiger partial charge in [-0.05, 0) is 62.3 Å². The van der Waals surface area contributed by atoms with Crippen LogP contribution in [0, 0.1) is 23.7 Å². The molecule has 0 rings (SSSR count). The molecule has 31 heavy (non-hydrogen) atoms. The van der Waals surface area contributed by atoms with Gasteiger partial charge in [-0.2, -0.15) is 0 Å². The first-order chi connectivity index (χ1) is 15.0. The van der Waals surface area contributed by atoms with Crippen molar-refractivity contribution in [3.63, 3.8) is 0 Å². The molecule has 0 aromatic heterocycles. The van der Waals surface area contributed by atoms with E-state index in [0.717, 1.165) is 50.9 Å². The zero-order chi connectivity index (χ0) is 23.2. The molecule has 188 valence electrons. The van der Waals surface area contributed by atoms with E-state index in [1.807, 2.05) is 0 Å². The highest BCUT2D eigenvalue weighted by atomic mass is 16.6. The standard InChI is InChI=1S/C25H53NO5/c1-22(2)20-24(4)7-10-27-12-14-29-16-18-31-19-17-30-15-13-28-11-8-25(5)21-23(3)6-9-26/h22-25H,6-21,26H2,1-5H3. The molecule has 6 nitrogen and oxygen atoms in total. The second-order valence-corrected chi connectivity index (χ2v) is 9.40. The summed E-state index contributed by atoms with van der Waals surface area (Å²) in [5, 5.41) is 0. The minimum Gasteiger partial charge on any atom is -0.379 e.